The monoisotopic (exact) mass is 509 g/mol. The van der Waals surface area contributed by atoms with Gasteiger partial charge in [-0.3, -0.25) is 4.57 Å². The summed E-state index contributed by atoms with van der Waals surface area (Å²) in [5, 5.41) is 8.61. The van der Waals surface area contributed by atoms with E-state index in [0.29, 0.717) is 0 Å². The Balaban J connectivity index is 1.43. The first kappa shape index (κ1) is 21.5. The average Bonchev–Trinajstić information content (AvgIpc) is 3.51. The van der Waals surface area contributed by atoms with Crippen LogP contribution in [0.25, 0.3) is 76.8 Å². The van der Waals surface area contributed by atoms with Crippen molar-refractivity contribution in [1.29, 1.82) is 0 Å². The lowest BCUT2D eigenvalue weighted by atomic mass is 10.1. The maximum Gasteiger partial charge on any atom is 0.138 e. The highest BCUT2D eigenvalue weighted by Gasteiger charge is 2.19. The number of rotatable bonds is 2. The molecule has 40 heavy (non-hydrogen) atoms. The number of nitrogens with zero attached hydrogens (tertiary/aromatic N) is 3. The normalized spacial score (nSPS) is 12.0. The van der Waals surface area contributed by atoms with Crippen LogP contribution in [-0.4, -0.2) is 14.1 Å². The van der Waals surface area contributed by atoms with Crippen LogP contribution in [0.4, 0.5) is 0 Å². The van der Waals surface area contributed by atoms with Crippen molar-refractivity contribution in [2.75, 3.05) is 0 Å². The van der Waals surface area contributed by atoms with E-state index >= 15 is 0 Å². The second-order valence-corrected chi connectivity index (χ2v) is 10.5. The minimum Gasteiger partial charge on any atom is -0.309 e. The number of fused-ring (bicyclic) bond motifs is 8. The van der Waals surface area contributed by atoms with Gasteiger partial charge in [0.25, 0.3) is 0 Å². The molecule has 0 atom stereocenters. The highest BCUT2D eigenvalue weighted by atomic mass is 15.1. The summed E-state index contributed by atoms with van der Waals surface area (Å²) in [4.78, 5) is 5.11. The molecule has 0 aliphatic heterocycles. The fourth-order valence-electron chi connectivity index (χ4n) is 6.45. The van der Waals surface area contributed by atoms with Gasteiger partial charge in [-0.15, -0.1) is 0 Å². The van der Waals surface area contributed by atoms with Gasteiger partial charge in [0.2, 0.25) is 0 Å². The van der Waals surface area contributed by atoms with E-state index in [1.54, 1.807) is 0 Å². The number of aromatic nitrogens is 3. The van der Waals surface area contributed by atoms with Gasteiger partial charge in [0.15, 0.2) is 0 Å². The van der Waals surface area contributed by atoms with E-state index < -0.39 is 0 Å². The van der Waals surface area contributed by atoms with Gasteiger partial charge in [0.05, 0.1) is 27.6 Å². The Kier molecular flexibility index (Phi) is 4.33. The second kappa shape index (κ2) is 8.05. The Labute approximate surface area is 230 Å². The maximum atomic E-state index is 5.11. The molecular weight excluding hydrogens is 486 g/mol. The van der Waals surface area contributed by atoms with Gasteiger partial charge in [-0.1, -0.05) is 84.9 Å². The van der Waals surface area contributed by atoms with Crippen LogP contribution in [0.2, 0.25) is 0 Å². The molecule has 186 valence electrons. The maximum absolute atomic E-state index is 5.11. The van der Waals surface area contributed by atoms with Crippen molar-refractivity contribution in [1.82, 2.24) is 14.1 Å². The van der Waals surface area contributed by atoms with Crippen LogP contribution in [-0.2, 0) is 0 Å². The van der Waals surface area contributed by atoms with Crippen molar-refractivity contribution in [3.05, 3.63) is 140 Å². The molecule has 3 heterocycles. The molecule has 3 nitrogen and oxygen atoms in total. The van der Waals surface area contributed by atoms with Crippen molar-refractivity contribution in [2.45, 2.75) is 0 Å². The van der Waals surface area contributed by atoms with Crippen LogP contribution in [0.3, 0.4) is 0 Å². The van der Waals surface area contributed by atoms with Crippen molar-refractivity contribution in [2.24, 2.45) is 0 Å². The predicted octanol–water partition coefficient (Wildman–Crippen LogP) is 9.58. The summed E-state index contributed by atoms with van der Waals surface area (Å²) in [5.41, 5.74) is 6.87. The van der Waals surface area contributed by atoms with Crippen molar-refractivity contribution in [3.8, 4) is 11.5 Å². The largest absolute Gasteiger partial charge is 0.309 e. The summed E-state index contributed by atoms with van der Waals surface area (Å²) in [6.45, 7) is 0. The molecule has 0 aliphatic carbocycles. The summed E-state index contributed by atoms with van der Waals surface area (Å²) in [6, 6.07) is 50.1. The van der Waals surface area contributed by atoms with E-state index in [2.05, 4.69) is 149 Å². The molecule has 0 fully saturated rings. The number of hydrogen-bond donors (Lipinski definition) is 0. The van der Waals surface area contributed by atoms with Crippen molar-refractivity contribution in [3.63, 3.8) is 0 Å². The highest BCUT2D eigenvalue weighted by molar-refractivity contribution is 6.19. The zero-order chi connectivity index (χ0) is 26.2. The van der Waals surface area contributed by atoms with Gasteiger partial charge < -0.3 is 4.57 Å². The number of para-hydroxylation sites is 3. The third-order valence-corrected chi connectivity index (χ3v) is 8.27. The van der Waals surface area contributed by atoms with Gasteiger partial charge in [-0.2, -0.15) is 0 Å². The molecule has 0 saturated carbocycles. The smallest absolute Gasteiger partial charge is 0.138 e. The van der Waals surface area contributed by atoms with Gasteiger partial charge >= 0.3 is 0 Å². The molecule has 0 radical (unpaired) electrons. The first-order valence-electron chi connectivity index (χ1n) is 13.7. The second-order valence-electron chi connectivity index (χ2n) is 10.5. The number of hydrogen-bond acceptors (Lipinski definition) is 1. The van der Waals surface area contributed by atoms with Crippen LogP contribution >= 0.6 is 0 Å². The average molecular weight is 510 g/mol. The lowest BCUT2D eigenvalue weighted by Gasteiger charge is -2.11. The fourth-order valence-corrected chi connectivity index (χ4v) is 6.45. The zero-order valence-corrected chi connectivity index (χ0v) is 21.6. The lowest BCUT2D eigenvalue weighted by molar-refractivity contribution is 1.10. The molecule has 0 spiro atoms. The molecule has 0 bridgehead atoms. The highest BCUT2D eigenvalue weighted by Crippen LogP contribution is 2.39. The lowest BCUT2D eigenvalue weighted by Crippen LogP contribution is -1.98. The van der Waals surface area contributed by atoms with Gasteiger partial charge in [0.1, 0.15) is 5.82 Å². The standard InChI is InChI=1S/C37H23N3/c1-2-11-26-21-27(19-17-24(26)9-1)39-33-15-7-4-12-28(33)30-22-31-29-13-5-8-16-34(29)40(36(31)23-35(30)39)37-20-18-25-10-3-6-14-32(25)38-37/h1-23H. The molecule has 3 heteroatoms. The molecule has 3 aromatic heterocycles. The molecule has 0 amide bonds. The summed E-state index contributed by atoms with van der Waals surface area (Å²) in [7, 11) is 0. The van der Waals surface area contributed by atoms with E-state index in [-0.39, 0.29) is 0 Å². The molecule has 0 unspecified atom stereocenters. The van der Waals surface area contributed by atoms with E-state index in [1.165, 1.54) is 43.4 Å². The predicted molar refractivity (Wildman–Crippen MR) is 168 cm³/mol. The van der Waals surface area contributed by atoms with Crippen LogP contribution in [0.1, 0.15) is 0 Å². The molecule has 6 aromatic carbocycles. The topological polar surface area (TPSA) is 22.8 Å². The summed E-state index contributed by atoms with van der Waals surface area (Å²) in [6.07, 6.45) is 0. The van der Waals surface area contributed by atoms with Gasteiger partial charge in [-0.25, -0.2) is 4.98 Å². The van der Waals surface area contributed by atoms with E-state index in [4.69, 9.17) is 4.98 Å². The van der Waals surface area contributed by atoms with Crippen molar-refractivity contribution >= 4 is 65.3 Å². The summed E-state index contributed by atoms with van der Waals surface area (Å²) >= 11 is 0. The molecule has 9 aromatic rings. The van der Waals surface area contributed by atoms with E-state index in [1.807, 2.05) is 0 Å². The minimum atomic E-state index is 0.928. The van der Waals surface area contributed by atoms with E-state index in [0.717, 1.165) is 33.4 Å². The molecule has 0 aliphatic rings. The molecular formula is C37H23N3. The number of benzene rings is 6. The van der Waals surface area contributed by atoms with Crippen LogP contribution < -0.4 is 0 Å². The fraction of sp³-hybridized carbons (Fsp3) is 0. The summed E-state index contributed by atoms with van der Waals surface area (Å²) < 4.78 is 4.73. The zero-order valence-electron chi connectivity index (χ0n) is 21.6. The number of pyridine rings is 1. The Morgan fingerprint density at radius 1 is 0.375 bits per heavy atom. The Morgan fingerprint density at radius 2 is 0.975 bits per heavy atom. The molecule has 0 saturated heterocycles. The van der Waals surface area contributed by atoms with E-state index in [9.17, 15) is 0 Å². The van der Waals surface area contributed by atoms with Crippen LogP contribution in [0.15, 0.2) is 140 Å². The van der Waals surface area contributed by atoms with Gasteiger partial charge in [-0.05, 0) is 65.4 Å². The third-order valence-electron chi connectivity index (χ3n) is 8.27. The Bertz CT molecular complexity index is 2270. The summed E-state index contributed by atoms with van der Waals surface area (Å²) in [5.74, 6) is 0.928. The molecule has 0 N–H and O–H groups in total. The first-order chi connectivity index (χ1) is 19.8. The van der Waals surface area contributed by atoms with Gasteiger partial charge in [0, 0.05) is 32.6 Å². The first-order valence-corrected chi connectivity index (χ1v) is 13.7. The van der Waals surface area contributed by atoms with Crippen LogP contribution in [0, 0.1) is 0 Å². The minimum absolute atomic E-state index is 0.928. The Morgan fingerprint density at radius 3 is 1.77 bits per heavy atom. The Hall–Kier alpha value is -5.41. The third kappa shape index (κ3) is 2.97. The van der Waals surface area contributed by atoms with Crippen LogP contribution in [0.5, 0.6) is 0 Å². The SMILES string of the molecule is c1ccc2cc(-n3c4ccccc4c4cc5c6ccccc6n(-c6ccc7ccccc7n6)c5cc43)ccc2c1. The molecule has 9 rings (SSSR count). The quantitative estimate of drug-likeness (QED) is 0.227. The van der Waals surface area contributed by atoms with Crippen molar-refractivity contribution < 1.29 is 0 Å².